The second-order valence-electron chi connectivity index (χ2n) is 4.73. The first-order chi connectivity index (χ1) is 9.58. The summed E-state index contributed by atoms with van der Waals surface area (Å²) in [5.74, 6) is 0.318. The Morgan fingerprint density at radius 2 is 1.95 bits per heavy atom. The van der Waals surface area contributed by atoms with Crippen molar-refractivity contribution in [2.75, 3.05) is 0 Å². The van der Waals surface area contributed by atoms with E-state index in [0.717, 1.165) is 16.5 Å². The minimum absolute atomic E-state index is 0.292. The molecule has 2 N–H and O–H groups in total. The molecule has 0 aliphatic carbocycles. The summed E-state index contributed by atoms with van der Waals surface area (Å²) in [7, 11) is 0. The standard InChI is InChI=1S/C16H13ClFNO/c1-9-12-8-10(18)6-7-14(12)20-16(9)15(19)11-4-2-3-5-13(11)17/h2-8,15H,19H2,1H3. The van der Waals surface area contributed by atoms with E-state index >= 15 is 0 Å². The van der Waals surface area contributed by atoms with Gasteiger partial charge in [0.1, 0.15) is 17.2 Å². The minimum atomic E-state index is -0.473. The number of benzene rings is 2. The molecule has 0 aliphatic rings. The number of rotatable bonds is 2. The Morgan fingerprint density at radius 3 is 2.70 bits per heavy atom. The third-order valence-electron chi connectivity index (χ3n) is 3.46. The number of nitrogens with two attached hydrogens (primary N) is 1. The third-order valence-corrected chi connectivity index (χ3v) is 3.80. The van der Waals surface area contributed by atoms with Crippen molar-refractivity contribution in [3.63, 3.8) is 0 Å². The molecular formula is C16H13ClFNO. The van der Waals surface area contributed by atoms with Crippen molar-refractivity contribution in [1.29, 1.82) is 0 Å². The van der Waals surface area contributed by atoms with E-state index < -0.39 is 6.04 Å². The number of halogens is 2. The lowest BCUT2D eigenvalue weighted by molar-refractivity contribution is 0.520. The molecule has 0 bridgehead atoms. The predicted octanol–water partition coefficient (Wildman–Crippen LogP) is 4.58. The Labute approximate surface area is 121 Å². The zero-order chi connectivity index (χ0) is 14.3. The number of fused-ring (bicyclic) bond motifs is 1. The largest absolute Gasteiger partial charge is 0.459 e. The van der Waals surface area contributed by atoms with Crippen LogP contribution in [0.1, 0.15) is 22.9 Å². The van der Waals surface area contributed by atoms with Gasteiger partial charge in [-0.25, -0.2) is 4.39 Å². The lowest BCUT2D eigenvalue weighted by Crippen LogP contribution is -2.12. The Hall–Kier alpha value is -1.84. The first-order valence-electron chi connectivity index (χ1n) is 6.26. The van der Waals surface area contributed by atoms with Crippen LogP contribution in [-0.4, -0.2) is 0 Å². The molecular weight excluding hydrogens is 277 g/mol. The molecule has 4 heteroatoms. The topological polar surface area (TPSA) is 39.2 Å². The van der Waals surface area contributed by atoms with Crippen LogP contribution in [0.5, 0.6) is 0 Å². The fourth-order valence-electron chi connectivity index (χ4n) is 2.38. The number of hydrogen-bond acceptors (Lipinski definition) is 2. The minimum Gasteiger partial charge on any atom is -0.459 e. The maximum absolute atomic E-state index is 13.3. The van der Waals surface area contributed by atoms with Crippen LogP contribution in [0.4, 0.5) is 4.39 Å². The van der Waals surface area contributed by atoms with Gasteiger partial charge in [-0.1, -0.05) is 29.8 Å². The number of aryl methyl sites for hydroxylation is 1. The Bertz CT molecular complexity index is 781. The van der Waals surface area contributed by atoms with Crippen molar-refractivity contribution in [3.8, 4) is 0 Å². The van der Waals surface area contributed by atoms with Gasteiger partial charge in [-0.3, -0.25) is 0 Å². The maximum atomic E-state index is 13.3. The van der Waals surface area contributed by atoms with Gasteiger partial charge < -0.3 is 10.2 Å². The van der Waals surface area contributed by atoms with E-state index in [-0.39, 0.29) is 5.82 Å². The van der Waals surface area contributed by atoms with Crippen LogP contribution in [0.15, 0.2) is 46.9 Å². The van der Waals surface area contributed by atoms with E-state index in [1.807, 2.05) is 25.1 Å². The molecule has 0 fully saturated rings. The molecule has 0 radical (unpaired) electrons. The van der Waals surface area contributed by atoms with Crippen LogP contribution in [0.3, 0.4) is 0 Å². The molecule has 102 valence electrons. The first-order valence-corrected chi connectivity index (χ1v) is 6.64. The smallest absolute Gasteiger partial charge is 0.134 e. The normalized spacial score (nSPS) is 12.8. The number of furan rings is 1. The molecule has 20 heavy (non-hydrogen) atoms. The van der Waals surface area contributed by atoms with Crippen LogP contribution in [-0.2, 0) is 0 Å². The van der Waals surface area contributed by atoms with E-state index in [9.17, 15) is 4.39 Å². The van der Waals surface area contributed by atoms with Gasteiger partial charge in [-0.2, -0.15) is 0 Å². The summed E-state index contributed by atoms with van der Waals surface area (Å²) < 4.78 is 19.1. The summed E-state index contributed by atoms with van der Waals surface area (Å²) in [5, 5.41) is 1.33. The fraction of sp³-hybridized carbons (Fsp3) is 0.125. The first kappa shape index (κ1) is 13.2. The molecule has 0 amide bonds. The molecule has 2 nitrogen and oxygen atoms in total. The van der Waals surface area contributed by atoms with Gasteiger partial charge in [-0.15, -0.1) is 0 Å². The highest BCUT2D eigenvalue weighted by Gasteiger charge is 2.20. The molecule has 0 saturated heterocycles. The molecule has 3 rings (SSSR count). The van der Waals surface area contributed by atoms with E-state index in [4.69, 9.17) is 21.8 Å². The lowest BCUT2D eigenvalue weighted by atomic mass is 10.0. The zero-order valence-electron chi connectivity index (χ0n) is 10.9. The van der Waals surface area contributed by atoms with E-state index in [0.29, 0.717) is 16.4 Å². The maximum Gasteiger partial charge on any atom is 0.134 e. The Kier molecular flexibility index (Phi) is 3.24. The van der Waals surface area contributed by atoms with Crippen molar-refractivity contribution < 1.29 is 8.81 Å². The van der Waals surface area contributed by atoms with Crippen molar-refractivity contribution >= 4 is 22.6 Å². The molecule has 3 aromatic rings. The molecule has 0 saturated carbocycles. The SMILES string of the molecule is Cc1c(C(N)c2ccccc2Cl)oc2ccc(F)cc12. The zero-order valence-corrected chi connectivity index (χ0v) is 11.6. The molecule has 0 aliphatic heterocycles. The van der Waals surface area contributed by atoms with Crippen LogP contribution in [0, 0.1) is 12.7 Å². The van der Waals surface area contributed by atoms with Gasteiger partial charge in [0, 0.05) is 16.0 Å². The predicted molar refractivity (Wildman–Crippen MR) is 78.4 cm³/mol. The van der Waals surface area contributed by atoms with E-state index in [1.54, 1.807) is 12.1 Å². The third kappa shape index (κ3) is 2.09. The van der Waals surface area contributed by atoms with Gasteiger partial charge in [0.05, 0.1) is 6.04 Å². The van der Waals surface area contributed by atoms with Crippen molar-refractivity contribution in [2.24, 2.45) is 5.73 Å². The summed E-state index contributed by atoms with van der Waals surface area (Å²) in [6.45, 7) is 1.87. The van der Waals surface area contributed by atoms with Crippen LogP contribution in [0.25, 0.3) is 11.0 Å². The van der Waals surface area contributed by atoms with Gasteiger partial charge in [0.2, 0.25) is 0 Å². The van der Waals surface area contributed by atoms with E-state index in [1.165, 1.54) is 12.1 Å². The highest BCUT2D eigenvalue weighted by atomic mass is 35.5. The van der Waals surface area contributed by atoms with Crippen LogP contribution in [0.2, 0.25) is 5.02 Å². The molecule has 1 aromatic heterocycles. The summed E-state index contributed by atoms with van der Waals surface area (Å²) in [5.41, 5.74) is 8.50. The van der Waals surface area contributed by atoms with Gasteiger partial charge in [-0.05, 0) is 36.8 Å². The molecule has 1 heterocycles. The van der Waals surface area contributed by atoms with Crippen LogP contribution >= 0.6 is 11.6 Å². The Balaban J connectivity index is 2.15. The number of hydrogen-bond donors (Lipinski definition) is 1. The second kappa shape index (κ2) is 4.93. The van der Waals surface area contributed by atoms with Crippen molar-refractivity contribution in [1.82, 2.24) is 0 Å². The average molecular weight is 290 g/mol. The van der Waals surface area contributed by atoms with Gasteiger partial charge >= 0.3 is 0 Å². The Morgan fingerprint density at radius 1 is 1.20 bits per heavy atom. The van der Waals surface area contributed by atoms with Crippen molar-refractivity contribution in [3.05, 3.63) is 70.2 Å². The molecule has 1 atom stereocenters. The monoisotopic (exact) mass is 289 g/mol. The molecule has 1 unspecified atom stereocenters. The summed E-state index contributed by atoms with van der Waals surface area (Å²) in [6.07, 6.45) is 0. The summed E-state index contributed by atoms with van der Waals surface area (Å²) in [4.78, 5) is 0. The van der Waals surface area contributed by atoms with Crippen molar-refractivity contribution in [2.45, 2.75) is 13.0 Å². The summed E-state index contributed by atoms with van der Waals surface area (Å²) in [6, 6.07) is 11.3. The fourth-order valence-corrected chi connectivity index (χ4v) is 2.63. The highest BCUT2D eigenvalue weighted by Crippen LogP contribution is 2.34. The van der Waals surface area contributed by atoms with Gasteiger partial charge in [0.25, 0.3) is 0 Å². The summed E-state index contributed by atoms with van der Waals surface area (Å²) >= 11 is 6.16. The highest BCUT2D eigenvalue weighted by molar-refractivity contribution is 6.31. The van der Waals surface area contributed by atoms with E-state index in [2.05, 4.69) is 0 Å². The lowest BCUT2D eigenvalue weighted by Gasteiger charge is -2.12. The van der Waals surface area contributed by atoms with Gasteiger partial charge in [0.15, 0.2) is 0 Å². The molecule has 2 aromatic carbocycles. The average Bonchev–Trinajstić information content (AvgIpc) is 2.76. The molecule has 0 spiro atoms. The van der Waals surface area contributed by atoms with Crippen LogP contribution < -0.4 is 5.73 Å². The second-order valence-corrected chi connectivity index (χ2v) is 5.14. The quantitative estimate of drug-likeness (QED) is 0.750.